The smallest absolute Gasteiger partial charge is 0.264 e. The lowest BCUT2D eigenvalue weighted by Crippen LogP contribution is -1.98. The number of hydrogen-bond donors (Lipinski definition) is 0. The third-order valence-electron chi connectivity index (χ3n) is 2.21. The Morgan fingerprint density at radius 3 is 2.94 bits per heavy atom. The minimum Gasteiger partial charge on any atom is -0.373 e. The van der Waals surface area contributed by atoms with Crippen molar-refractivity contribution in [1.29, 1.82) is 0 Å². The van der Waals surface area contributed by atoms with E-state index in [0.717, 1.165) is 5.56 Å². The van der Waals surface area contributed by atoms with Gasteiger partial charge in [0.2, 0.25) is 0 Å². The van der Waals surface area contributed by atoms with E-state index in [4.69, 9.17) is 10.3 Å². The molecule has 0 N–H and O–H groups in total. The Balaban J connectivity index is 2.30. The molecule has 1 heterocycles. The summed E-state index contributed by atoms with van der Waals surface area (Å²) in [6.45, 7) is 0.716. The maximum atomic E-state index is 11.4. The Morgan fingerprint density at radius 1 is 1.56 bits per heavy atom. The van der Waals surface area contributed by atoms with Crippen LogP contribution in [-0.2, 0) is 21.2 Å². The highest BCUT2D eigenvalue weighted by molar-refractivity contribution is 7.90. The molecule has 1 aliphatic heterocycles. The first-order chi connectivity index (χ1) is 7.62. The van der Waals surface area contributed by atoms with Crippen LogP contribution in [0.2, 0.25) is 0 Å². The van der Waals surface area contributed by atoms with Gasteiger partial charge in [0, 0.05) is 15.9 Å². The van der Waals surface area contributed by atoms with Gasteiger partial charge in [0.15, 0.2) is 0 Å². The number of sulfonamides is 1. The van der Waals surface area contributed by atoms with Gasteiger partial charge in [0.25, 0.3) is 10.0 Å². The van der Waals surface area contributed by atoms with Gasteiger partial charge >= 0.3 is 0 Å². The van der Waals surface area contributed by atoms with E-state index in [1.807, 2.05) is 6.07 Å². The van der Waals surface area contributed by atoms with Gasteiger partial charge in [-0.2, -0.15) is 0 Å². The predicted octanol–water partition coefficient (Wildman–Crippen LogP) is 1.63. The SMILES string of the molecule is [N-]=[N+]=NS(=O)(=O)c1cccc(CC2CO2)c1. The zero-order chi connectivity index (χ0) is 11.6. The minimum atomic E-state index is -3.88. The van der Waals surface area contributed by atoms with Crippen LogP contribution >= 0.6 is 0 Å². The number of hydrogen-bond acceptors (Lipinski definition) is 3. The summed E-state index contributed by atoms with van der Waals surface area (Å²) < 4.78 is 30.7. The van der Waals surface area contributed by atoms with Crippen LogP contribution in [0.25, 0.3) is 10.4 Å². The molecule has 1 fully saturated rings. The van der Waals surface area contributed by atoms with Gasteiger partial charge in [0.05, 0.1) is 17.6 Å². The highest BCUT2D eigenvalue weighted by Crippen LogP contribution is 2.19. The monoisotopic (exact) mass is 239 g/mol. The van der Waals surface area contributed by atoms with Gasteiger partial charge in [-0.05, 0) is 23.2 Å². The van der Waals surface area contributed by atoms with Crippen molar-refractivity contribution in [2.24, 2.45) is 4.52 Å². The Hall–Kier alpha value is -1.56. The average Bonchev–Trinajstić information content (AvgIpc) is 3.02. The maximum Gasteiger partial charge on any atom is 0.264 e. The lowest BCUT2D eigenvalue weighted by atomic mass is 10.1. The number of nitrogens with zero attached hydrogens (tertiary/aromatic N) is 3. The van der Waals surface area contributed by atoms with Crippen molar-refractivity contribution in [3.63, 3.8) is 0 Å². The largest absolute Gasteiger partial charge is 0.373 e. The quantitative estimate of drug-likeness (QED) is 0.345. The van der Waals surface area contributed by atoms with Crippen LogP contribution in [0.1, 0.15) is 5.56 Å². The van der Waals surface area contributed by atoms with E-state index in [9.17, 15) is 8.42 Å². The Labute approximate surface area is 92.5 Å². The molecule has 84 valence electrons. The first-order valence-electron chi connectivity index (χ1n) is 4.64. The van der Waals surface area contributed by atoms with E-state index in [-0.39, 0.29) is 11.0 Å². The molecule has 0 radical (unpaired) electrons. The second-order valence-corrected chi connectivity index (χ2v) is 5.04. The van der Waals surface area contributed by atoms with Crippen LogP contribution in [0.3, 0.4) is 0 Å². The first kappa shape index (κ1) is 10.9. The second kappa shape index (κ2) is 4.13. The summed E-state index contributed by atoms with van der Waals surface area (Å²) >= 11 is 0. The van der Waals surface area contributed by atoms with Gasteiger partial charge in [0.1, 0.15) is 0 Å². The molecule has 1 aliphatic rings. The van der Waals surface area contributed by atoms with E-state index >= 15 is 0 Å². The molecule has 0 aliphatic carbocycles. The lowest BCUT2D eigenvalue weighted by Gasteiger charge is -2.01. The van der Waals surface area contributed by atoms with Crippen LogP contribution in [0.4, 0.5) is 0 Å². The number of ether oxygens (including phenoxy) is 1. The van der Waals surface area contributed by atoms with Gasteiger partial charge < -0.3 is 4.74 Å². The summed E-state index contributed by atoms with van der Waals surface area (Å²) in [5.41, 5.74) is 9.01. The molecule has 1 aromatic rings. The molecule has 1 aromatic carbocycles. The molecular formula is C9H9N3O3S. The number of epoxide rings is 1. The molecule has 0 bridgehead atoms. The normalized spacial score (nSPS) is 18.9. The Kier molecular flexibility index (Phi) is 2.82. The Morgan fingerprint density at radius 2 is 2.31 bits per heavy atom. The summed E-state index contributed by atoms with van der Waals surface area (Å²) in [4.78, 5) is 2.32. The highest BCUT2D eigenvalue weighted by Gasteiger charge is 2.23. The standard InChI is InChI=1S/C9H9N3O3S/c10-11-12-16(13,14)9-3-1-2-7(5-9)4-8-6-15-8/h1-3,5,8H,4,6H2. The van der Waals surface area contributed by atoms with Crippen LogP contribution in [-0.4, -0.2) is 21.1 Å². The fourth-order valence-corrected chi connectivity index (χ4v) is 2.12. The first-order valence-corrected chi connectivity index (χ1v) is 6.08. The predicted molar refractivity (Wildman–Crippen MR) is 56.2 cm³/mol. The average molecular weight is 239 g/mol. The molecule has 1 saturated heterocycles. The summed E-state index contributed by atoms with van der Waals surface area (Å²) in [6, 6.07) is 6.35. The fourth-order valence-electron chi connectivity index (χ4n) is 1.38. The summed E-state index contributed by atoms with van der Waals surface area (Å²) in [6.07, 6.45) is 0.872. The maximum absolute atomic E-state index is 11.4. The van der Waals surface area contributed by atoms with Gasteiger partial charge in [-0.3, -0.25) is 0 Å². The minimum absolute atomic E-state index is 0.0171. The molecular weight excluding hydrogens is 230 g/mol. The molecule has 6 nitrogen and oxygen atoms in total. The lowest BCUT2D eigenvalue weighted by molar-refractivity contribution is 0.407. The molecule has 2 rings (SSSR count). The molecule has 0 aromatic heterocycles. The van der Waals surface area contributed by atoms with Crippen molar-refractivity contribution >= 4 is 10.0 Å². The van der Waals surface area contributed by atoms with E-state index < -0.39 is 10.0 Å². The zero-order valence-electron chi connectivity index (χ0n) is 8.28. The number of rotatable bonds is 4. The second-order valence-electron chi connectivity index (χ2n) is 3.45. The molecule has 0 saturated carbocycles. The van der Waals surface area contributed by atoms with Gasteiger partial charge in [-0.1, -0.05) is 12.1 Å². The van der Waals surface area contributed by atoms with Crippen molar-refractivity contribution in [3.05, 3.63) is 40.3 Å². The highest BCUT2D eigenvalue weighted by atomic mass is 32.2. The van der Waals surface area contributed by atoms with Crippen LogP contribution in [0, 0.1) is 0 Å². The summed E-state index contributed by atoms with van der Waals surface area (Å²) in [5.74, 6) is 0. The zero-order valence-corrected chi connectivity index (χ0v) is 9.09. The fraction of sp³-hybridized carbons (Fsp3) is 0.333. The van der Waals surface area contributed by atoms with E-state index in [1.165, 1.54) is 12.1 Å². The van der Waals surface area contributed by atoms with Crippen molar-refractivity contribution in [2.75, 3.05) is 6.61 Å². The van der Waals surface area contributed by atoms with Gasteiger partial charge in [-0.25, -0.2) is 8.42 Å². The summed E-state index contributed by atoms with van der Waals surface area (Å²) in [7, 11) is -3.88. The summed E-state index contributed by atoms with van der Waals surface area (Å²) in [5, 5.41) is 0. The van der Waals surface area contributed by atoms with E-state index in [2.05, 4.69) is 9.43 Å². The van der Waals surface area contributed by atoms with E-state index in [0.29, 0.717) is 13.0 Å². The van der Waals surface area contributed by atoms with Crippen LogP contribution in [0.15, 0.2) is 33.7 Å². The van der Waals surface area contributed by atoms with Crippen LogP contribution < -0.4 is 0 Å². The van der Waals surface area contributed by atoms with Gasteiger partial charge in [-0.15, -0.1) is 0 Å². The molecule has 16 heavy (non-hydrogen) atoms. The molecule has 1 unspecified atom stereocenters. The third-order valence-corrected chi connectivity index (χ3v) is 3.34. The van der Waals surface area contributed by atoms with Crippen molar-refractivity contribution in [3.8, 4) is 0 Å². The van der Waals surface area contributed by atoms with E-state index in [1.54, 1.807) is 6.07 Å². The number of azide groups is 1. The van der Waals surface area contributed by atoms with Crippen molar-refractivity contribution < 1.29 is 13.2 Å². The van der Waals surface area contributed by atoms with Crippen molar-refractivity contribution in [2.45, 2.75) is 17.4 Å². The number of benzene rings is 1. The topological polar surface area (TPSA) is 95.4 Å². The molecule has 0 amide bonds. The Bertz CT molecular complexity index is 545. The molecule has 7 heteroatoms. The van der Waals surface area contributed by atoms with Crippen LogP contribution in [0.5, 0.6) is 0 Å². The molecule has 1 atom stereocenters. The third kappa shape index (κ3) is 2.52. The van der Waals surface area contributed by atoms with Crippen molar-refractivity contribution in [1.82, 2.24) is 0 Å². The molecule has 0 spiro atoms.